The lowest BCUT2D eigenvalue weighted by Crippen LogP contribution is -2.46. The van der Waals surface area contributed by atoms with E-state index in [1.807, 2.05) is 0 Å². The van der Waals surface area contributed by atoms with Crippen molar-refractivity contribution < 1.29 is 0 Å². The lowest BCUT2D eigenvalue weighted by atomic mass is 9.70. The zero-order valence-electron chi connectivity index (χ0n) is 14.2. The summed E-state index contributed by atoms with van der Waals surface area (Å²) in [7, 11) is 2.14. The van der Waals surface area contributed by atoms with Crippen LogP contribution in [0.4, 0.5) is 0 Å². The summed E-state index contributed by atoms with van der Waals surface area (Å²) >= 11 is 0. The first-order valence-electron chi connectivity index (χ1n) is 9.32. The molecule has 0 spiro atoms. The van der Waals surface area contributed by atoms with Gasteiger partial charge in [0.05, 0.1) is 0 Å². The number of hydrogen-bond donors (Lipinski definition) is 1. The second-order valence-electron chi connectivity index (χ2n) is 8.13. The van der Waals surface area contributed by atoms with Crippen molar-refractivity contribution in [1.29, 1.82) is 0 Å². The maximum Gasteiger partial charge on any atom is 0.0235 e. The third-order valence-electron chi connectivity index (χ3n) is 6.35. The summed E-state index contributed by atoms with van der Waals surface area (Å²) < 4.78 is 0. The molecule has 122 valence electrons. The highest BCUT2D eigenvalue weighted by molar-refractivity contribution is 4.93. The molecule has 3 rings (SSSR count). The van der Waals surface area contributed by atoms with E-state index in [0.717, 1.165) is 12.0 Å². The Labute approximate surface area is 131 Å². The van der Waals surface area contributed by atoms with Gasteiger partial charge in [-0.1, -0.05) is 19.8 Å². The molecule has 0 aromatic rings. The third kappa shape index (κ3) is 3.80. The number of hydrogen-bond acceptors (Lipinski definition) is 3. The Kier molecular flexibility index (Phi) is 5.23. The fourth-order valence-electron chi connectivity index (χ4n) is 4.98. The highest BCUT2D eigenvalue weighted by Gasteiger charge is 2.38. The minimum atomic E-state index is 0.557. The van der Waals surface area contributed by atoms with E-state index >= 15 is 0 Å². The van der Waals surface area contributed by atoms with Gasteiger partial charge in [0.2, 0.25) is 0 Å². The highest BCUT2D eigenvalue weighted by atomic mass is 15.3. The Morgan fingerprint density at radius 2 is 1.76 bits per heavy atom. The average Bonchev–Trinajstić information content (AvgIpc) is 3.13. The van der Waals surface area contributed by atoms with E-state index in [1.165, 1.54) is 84.2 Å². The van der Waals surface area contributed by atoms with E-state index in [2.05, 4.69) is 29.1 Å². The van der Waals surface area contributed by atoms with Crippen LogP contribution < -0.4 is 5.32 Å². The van der Waals surface area contributed by atoms with Crippen molar-refractivity contribution in [2.24, 2.45) is 11.3 Å². The summed E-state index contributed by atoms with van der Waals surface area (Å²) in [5.41, 5.74) is 0.557. The van der Waals surface area contributed by atoms with Crippen LogP contribution >= 0.6 is 0 Å². The highest BCUT2D eigenvalue weighted by Crippen LogP contribution is 2.39. The van der Waals surface area contributed by atoms with Gasteiger partial charge < -0.3 is 10.2 Å². The van der Waals surface area contributed by atoms with Crippen molar-refractivity contribution in [3.05, 3.63) is 0 Å². The average molecular weight is 293 g/mol. The van der Waals surface area contributed by atoms with E-state index in [4.69, 9.17) is 0 Å². The van der Waals surface area contributed by atoms with Crippen LogP contribution in [0.3, 0.4) is 0 Å². The summed E-state index contributed by atoms with van der Waals surface area (Å²) in [6.07, 6.45) is 10.00. The number of nitrogens with zero attached hydrogens (tertiary/aromatic N) is 2. The Balaban J connectivity index is 1.54. The van der Waals surface area contributed by atoms with Crippen molar-refractivity contribution in [3.63, 3.8) is 0 Å². The molecule has 2 heterocycles. The van der Waals surface area contributed by atoms with Crippen LogP contribution in [-0.4, -0.2) is 62.2 Å². The van der Waals surface area contributed by atoms with E-state index in [9.17, 15) is 0 Å². The summed E-state index contributed by atoms with van der Waals surface area (Å²) in [6, 6.07) is 0.863. The fourth-order valence-corrected chi connectivity index (χ4v) is 4.98. The predicted octanol–water partition coefficient (Wildman–Crippen LogP) is 2.57. The molecule has 3 nitrogen and oxygen atoms in total. The number of nitrogens with one attached hydrogen (secondary N) is 1. The quantitative estimate of drug-likeness (QED) is 0.840. The SMILES string of the molecule is CNCC1(CN2CCC(N3CCCC3)C2)CCC(C)CC1. The van der Waals surface area contributed by atoms with Gasteiger partial charge in [0, 0.05) is 25.7 Å². The van der Waals surface area contributed by atoms with E-state index < -0.39 is 0 Å². The maximum absolute atomic E-state index is 3.50. The molecule has 3 fully saturated rings. The lowest BCUT2D eigenvalue weighted by Gasteiger charge is -2.42. The Hall–Kier alpha value is -0.120. The lowest BCUT2D eigenvalue weighted by molar-refractivity contribution is 0.0957. The van der Waals surface area contributed by atoms with E-state index in [0.29, 0.717) is 5.41 Å². The second-order valence-corrected chi connectivity index (χ2v) is 8.13. The third-order valence-corrected chi connectivity index (χ3v) is 6.35. The fraction of sp³-hybridized carbons (Fsp3) is 1.00. The molecule has 2 saturated heterocycles. The Morgan fingerprint density at radius 3 is 2.43 bits per heavy atom. The molecular formula is C18H35N3. The predicted molar refractivity (Wildman–Crippen MR) is 89.6 cm³/mol. The molecule has 0 radical (unpaired) electrons. The van der Waals surface area contributed by atoms with Gasteiger partial charge in [0.25, 0.3) is 0 Å². The van der Waals surface area contributed by atoms with Gasteiger partial charge in [-0.3, -0.25) is 4.90 Å². The van der Waals surface area contributed by atoms with Crippen molar-refractivity contribution >= 4 is 0 Å². The normalized spacial score (nSPS) is 39.1. The summed E-state index contributed by atoms with van der Waals surface area (Å²) in [5.74, 6) is 0.950. The van der Waals surface area contributed by atoms with Gasteiger partial charge in [0.15, 0.2) is 0 Å². The molecule has 2 aliphatic heterocycles. The van der Waals surface area contributed by atoms with Crippen molar-refractivity contribution in [2.75, 3.05) is 46.3 Å². The van der Waals surface area contributed by atoms with Gasteiger partial charge in [-0.2, -0.15) is 0 Å². The van der Waals surface area contributed by atoms with Crippen LogP contribution in [0.25, 0.3) is 0 Å². The molecule has 0 bridgehead atoms. The summed E-state index contributed by atoms with van der Waals surface area (Å²) in [5, 5.41) is 3.50. The van der Waals surface area contributed by atoms with Crippen LogP contribution in [0, 0.1) is 11.3 Å². The minimum absolute atomic E-state index is 0.557. The zero-order chi connectivity index (χ0) is 14.7. The van der Waals surface area contributed by atoms with Crippen LogP contribution in [0.1, 0.15) is 51.9 Å². The molecule has 1 atom stereocenters. The summed E-state index contributed by atoms with van der Waals surface area (Å²) in [4.78, 5) is 5.55. The maximum atomic E-state index is 3.50. The van der Waals surface area contributed by atoms with Gasteiger partial charge in [-0.25, -0.2) is 0 Å². The molecule has 1 saturated carbocycles. The topological polar surface area (TPSA) is 18.5 Å². The van der Waals surface area contributed by atoms with Gasteiger partial charge >= 0.3 is 0 Å². The molecule has 0 aromatic carbocycles. The van der Waals surface area contributed by atoms with Crippen molar-refractivity contribution in [1.82, 2.24) is 15.1 Å². The largest absolute Gasteiger partial charge is 0.319 e. The first kappa shape index (κ1) is 15.8. The van der Waals surface area contributed by atoms with E-state index in [1.54, 1.807) is 0 Å². The molecule has 0 aromatic heterocycles. The molecule has 0 amide bonds. The van der Waals surface area contributed by atoms with E-state index in [-0.39, 0.29) is 0 Å². The minimum Gasteiger partial charge on any atom is -0.319 e. The van der Waals surface area contributed by atoms with Gasteiger partial charge in [-0.15, -0.1) is 0 Å². The smallest absolute Gasteiger partial charge is 0.0235 e. The molecule has 1 aliphatic carbocycles. The number of likely N-dealkylation sites (tertiary alicyclic amines) is 2. The van der Waals surface area contributed by atoms with Crippen molar-refractivity contribution in [3.8, 4) is 0 Å². The van der Waals surface area contributed by atoms with Crippen LogP contribution in [0.2, 0.25) is 0 Å². The molecule has 3 heteroatoms. The van der Waals surface area contributed by atoms with Crippen LogP contribution in [0.15, 0.2) is 0 Å². The first-order chi connectivity index (χ1) is 10.2. The molecular weight excluding hydrogens is 258 g/mol. The molecule has 1 N–H and O–H groups in total. The molecule has 3 aliphatic rings. The second kappa shape index (κ2) is 6.97. The number of rotatable bonds is 5. The molecule has 21 heavy (non-hydrogen) atoms. The Bertz CT molecular complexity index is 316. The van der Waals surface area contributed by atoms with Crippen molar-refractivity contribution in [2.45, 2.75) is 57.9 Å². The monoisotopic (exact) mass is 293 g/mol. The van der Waals surface area contributed by atoms with Crippen LogP contribution in [0.5, 0.6) is 0 Å². The first-order valence-corrected chi connectivity index (χ1v) is 9.32. The summed E-state index contributed by atoms with van der Waals surface area (Å²) in [6.45, 7) is 10.4. The Morgan fingerprint density at radius 1 is 1.05 bits per heavy atom. The standard InChI is InChI=1S/C18H35N3/c1-16-5-8-18(9-6-16,14-19-2)15-20-12-7-17(13-20)21-10-3-4-11-21/h16-17,19H,3-15H2,1-2H3. The molecule has 1 unspecified atom stereocenters. The van der Waals surface area contributed by atoms with Crippen LogP contribution in [-0.2, 0) is 0 Å². The van der Waals surface area contributed by atoms with Gasteiger partial charge in [-0.05, 0) is 70.1 Å². The van der Waals surface area contributed by atoms with Gasteiger partial charge in [0.1, 0.15) is 0 Å². The zero-order valence-corrected chi connectivity index (χ0v) is 14.2.